The molecule has 0 saturated carbocycles. The first-order valence-corrected chi connectivity index (χ1v) is 12.8. The summed E-state index contributed by atoms with van der Waals surface area (Å²) < 4.78 is 39.2. The van der Waals surface area contributed by atoms with E-state index < -0.39 is 11.8 Å². The van der Waals surface area contributed by atoms with Gasteiger partial charge in [-0.25, -0.2) is 4.79 Å². The smallest absolute Gasteiger partial charge is 0.328 e. The number of carbonyl (C=O) groups is 1. The van der Waals surface area contributed by atoms with Crippen LogP contribution < -0.4 is 9.62 Å². The Labute approximate surface area is 205 Å². The van der Waals surface area contributed by atoms with Gasteiger partial charge in [-0.15, -0.1) is 20.4 Å². The van der Waals surface area contributed by atoms with E-state index in [9.17, 15) is 13.6 Å². The van der Waals surface area contributed by atoms with E-state index in [1.54, 1.807) is 13.0 Å². The van der Waals surface area contributed by atoms with E-state index in [4.69, 9.17) is 9.47 Å². The average Bonchev–Trinajstić information content (AvgIpc) is 3.28. The largest absolute Gasteiger partial charge is 0.464 e. The number of esters is 1. The van der Waals surface area contributed by atoms with Gasteiger partial charge in [0.1, 0.15) is 23.3 Å². The zero-order valence-electron chi connectivity index (χ0n) is 19.3. The molecular weight excluding hydrogens is 486 g/mol. The molecule has 186 valence electrons. The number of azo groups is 1. The van der Waals surface area contributed by atoms with Crippen LogP contribution in [0, 0.1) is 0 Å². The van der Waals surface area contributed by atoms with Gasteiger partial charge in [-0.1, -0.05) is 18.3 Å². The minimum atomic E-state index is -2.62. The first kappa shape index (κ1) is 26.2. The van der Waals surface area contributed by atoms with Crippen molar-refractivity contribution in [3.8, 4) is 0 Å². The lowest BCUT2D eigenvalue weighted by Crippen LogP contribution is -2.46. The summed E-state index contributed by atoms with van der Waals surface area (Å²) in [6, 6.07) is 3.15. The van der Waals surface area contributed by atoms with Crippen LogP contribution in [0.15, 0.2) is 22.4 Å². The second-order valence-electron chi connectivity index (χ2n) is 7.29. The predicted molar refractivity (Wildman–Crippen MR) is 129 cm³/mol. The topological polar surface area (TPSA) is 101 Å². The maximum Gasteiger partial charge on any atom is 0.328 e. The molecule has 0 fully saturated rings. The Morgan fingerprint density at radius 2 is 2.12 bits per heavy atom. The van der Waals surface area contributed by atoms with E-state index >= 15 is 0 Å². The quantitative estimate of drug-likeness (QED) is 0.213. The number of nitrogens with zero attached hydrogens (tertiary/aromatic N) is 5. The van der Waals surface area contributed by atoms with Crippen LogP contribution >= 0.6 is 23.3 Å². The summed E-state index contributed by atoms with van der Waals surface area (Å²) in [5, 5.41) is 17.4. The standard InChI is InChI=1S/C21H28F2N6O3S2/c1-4-9-29-16(19(30)32-6-3)8-7-13-10-14(15(11-17(13)29)28-34-20(22)23)24-26-21-27-25-18(33-21)12-31-5-2/h10-11,16,20,28H,4-9,12H2,1-3H3. The number of benzene rings is 1. The summed E-state index contributed by atoms with van der Waals surface area (Å²) in [5.74, 6) is -2.90. The van der Waals surface area contributed by atoms with E-state index in [-0.39, 0.29) is 17.9 Å². The molecule has 13 heteroatoms. The van der Waals surface area contributed by atoms with Crippen LogP contribution in [0.5, 0.6) is 0 Å². The zero-order valence-corrected chi connectivity index (χ0v) is 20.9. The molecule has 1 aromatic carbocycles. The van der Waals surface area contributed by atoms with Gasteiger partial charge in [-0.3, -0.25) is 0 Å². The van der Waals surface area contributed by atoms with Crippen LogP contribution in [0.2, 0.25) is 0 Å². The van der Waals surface area contributed by atoms with E-state index in [0.29, 0.717) is 60.7 Å². The molecule has 1 aromatic heterocycles. The Bertz CT molecular complexity index is 991. The number of halogens is 2. The molecule has 0 spiro atoms. The minimum absolute atomic E-state index is 0.277. The molecule has 1 N–H and O–H groups in total. The molecule has 2 aromatic rings. The van der Waals surface area contributed by atoms with Crippen LogP contribution in [-0.2, 0) is 27.3 Å². The number of alkyl halides is 2. The van der Waals surface area contributed by atoms with Crippen molar-refractivity contribution < 1.29 is 23.0 Å². The number of aryl methyl sites for hydroxylation is 1. The first-order valence-electron chi connectivity index (χ1n) is 11.1. The van der Waals surface area contributed by atoms with Crippen molar-refractivity contribution >= 4 is 51.4 Å². The number of hydrogen-bond acceptors (Lipinski definition) is 11. The van der Waals surface area contributed by atoms with Crippen molar-refractivity contribution in [2.24, 2.45) is 10.2 Å². The molecule has 1 atom stereocenters. The molecule has 3 rings (SSSR count). The number of anilines is 2. The van der Waals surface area contributed by atoms with Crippen LogP contribution in [0.3, 0.4) is 0 Å². The molecule has 1 unspecified atom stereocenters. The average molecular weight is 515 g/mol. The van der Waals surface area contributed by atoms with E-state index in [0.717, 1.165) is 17.7 Å². The fourth-order valence-corrected chi connectivity index (χ4v) is 4.58. The molecule has 0 radical (unpaired) electrons. The van der Waals surface area contributed by atoms with Gasteiger partial charge in [0.05, 0.1) is 12.3 Å². The number of aromatic nitrogens is 2. The Kier molecular flexibility index (Phi) is 9.96. The third-order valence-corrected chi connectivity index (χ3v) is 6.28. The van der Waals surface area contributed by atoms with Gasteiger partial charge >= 0.3 is 11.7 Å². The van der Waals surface area contributed by atoms with Crippen molar-refractivity contribution in [3.05, 3.63) is 22.7 Å². The lowest BCUT2D eigenvalue weighted by Gasteiger charge is -2.37. The van der Waals surface area contributed by atoms with Gasteiger partial charge in [-0.2, -0.15) is 8.78 Å². The summed E-state index contributed by atoms with van der Waals surface area (Å²) in [4.78, 5) is 14.5. The Morgan fingerprint density at radius 1 is 1.29 bits per heavy atom. The molecule has 0 saturated heterocycles. The van der Waals surface area contributed by atoms with Crippen molar-refractivity contribution in [1.29, 1.82) is 0 Å². The number of carbonyl (C=O) groups excluding carboxylic acids is 1. The van der Waals surface area contributed by atoms with Crippen LogP contribution in [0.1, 0.15) is 44.2 Å². The van der Waals surface area contributed by atoms with Crippen LogP contribution in [0.25, 0.3) is 0 Å². The van der Waals surface area contributed by atoms with Gasteiger partial charge in [0, 0.05) is 30.8 Å². The normalized spacial score (nSPS) is 15.7. The molecule has 1 aliphatic heterocycles. The highest BCUT2D eigenvalue weighted by Crippen LogP contribution is 2.41. The van der Waals surface area contributed by atoms with E-state index in [1.807, 2.05) is 24.8 Å². The predicted octanol–water partition coefficient (Wildman–Crippen LogP) is 5.87. The SMILES string of the molecule is CCCN1c2cc(NSC(F)F)c(N=Nc3nnc(COCC)s3)cc2CCC1C(=O)OCC. The number of nitrogens with one attached hydrogen (secondary N) is 1. The molecule has 9 nitrogen and oxygen atoms in total. The van der Waals surface area contributed by atoms with E-state index in [2.05, 4.69) is 25.1 Å². The molecule has 0 amide bonds. The maximum atomic E-state index is 12.9. The van der Waals surface area contributed by atoms with Crippen molar-refractivity contribution in [2.45, 2.75) is 58.4 Å². The summed E-state index contributed by atoms with van der Waals surface area (Å²) in [6.45, 7) is 7.53. The fourth-order valence-electron chi connectivity index (χ4n) is 3.61. The zero-order chi connectivity index (χ0) is 24.5. The second-order valence-corrected chi connectivity index (χ2v) is 9.13. The summed E-state index contributed by atoms with van der Waals surface area (Å²) in [6.07, 6.45) is 2.03. The molecule has 0 aliphatic carbocycles. The molecular formula is C21H28F2N6O3S2. The number of fused-ring (bicyclic) bond motifs is 1. The highest BCUT2D eigenvalue weighted by Gasteiger charge is 2.33. The van der Waals surface area contributed by atoms with E-state index in [1.165, 1.54) is 11.3 Å². The number of ether oxygens (including phenoxy) is 2. The van der Waals surface area contributed by atoms with Gasteiger partial charge < -0.3 is 19.1 Å². The molecule has 2 heterocycles. The highest BCUT2D eigenvalue weighted by atomic mass is 32.2. The van der Waals surface area contributed by atoms with Gasteiger partial charge in [0.25, 0.3) is 5.13 Å². The first-order chi connectivity index (χ1) is 16.5. The van der Waals surface area contributed by atoms with Gasteiger partial charge in [0.15, 0.2) is 0 Å². The lowest BCUT2D eigenvalue weighted by atomic mass is 9.94. The molecule has 0 bridgehead atoms. The number of hydrogen-bond donors (Lipinski definition) is 1. The molecule has 34 heavy (non-hydrogen) atoms. The number of rotatable bonds is 12. The third kappa shape index (κ3) is 6.83. The monoisotopic (exact) mass is 514 g/mol. The summed E-state index contributed by atoms with van der Waals surface area (Å²) in [5.41, 5.74) is 2.54. The van der Waals surface area contributed by atoms with Crippen LogP contribution in [-0.4, -0.2) is 47.7 Å². The van der Waals surface area contributed by atoms with Crippen molar-refractivity contribution in [2.75, 3.05) is 29.4 Å². The highest BCUT2D eigenvalue weighted by molar-refractivity contribution is 8.00. The second kappa shape index (κ2) is 12.9. The minimum Gasteiger partial charge on any atom is -0.464 e. The Balaban J connectivity index is 1.93. The maximum absolute atomic E-state index is 12.9. The van der Waals surface area contributed by atoms with Gasteiger partial charge in [-0.05, 0) is 50.8 Å². The lowest BCUT2D eigenvalue weighted by molar-refractivity contribution is -0.145. The Morgan fingerprint density at radius 3 is 2.82 bits per heavy atom. The molecule has 1 aliphatic rings. The van der Waals surface area contributed by atoms with Crippen LogP contribution in [0.4, 0.5) is 31.0 Å². The fraction of sp³-hybridized carbons (Fsp3) is 0.571. The summed E-state index contributed by atoms with van der Waals surface area (Å²) >= 11 is 1.52. The van der Waals surface area contributed by atoms with Gasteiger partial charge in [0.2, 0.25) is 0 Å². The Hall–Kier alpha value is -2.38. The summed E-state index contributed by atoms with van der Waals surface area (Å²) in [7, 11) is 0. The van der Waals surface area contributed by atoms with Crippen molar-refractivity contribution in [1.82, 2.24) is 10.2 Å². The third-order valence-electron chi connectivity index (χ3n) is 4.98. The van der Waals surface area contributed by atoms with Crippen molar-refractivity contribution in [3.63, 3.8) is 0 Å².